The minimum atomic E-state index is -4.81. The lowest BCUT2D eigenvalue weighted by Gasteiger charge is -2.05. The largest absolute Gasteiger partial charge is 0.452 e. The lowest BCUT2D eigenvalue weighted by atomic mass is 10.2. The first-order valence-corrected chi connectivity index (χ1v) is 8.91. The number of rotatable bonds is 2. The maximum Gasteiger partial charge on any atom is 0.438 e. The number of fused-ring (bicyclic) bond motifs is 3. The van der Waals surface area contributed by atoms with Gasteiger partial charge >= 0.3 is 6.18 Å². The second kappa shape index (κ2) is 5.54. The first-order chi connectivity index (χ1) is 12.6. The van der Waals surface area contributed by atoms with Crippen molar-refractivity contribution in [2.45, 2.75) is 11.1 Å². The van der Waals surface area contributed by atoms with Crippen molar-refractivity contribution < 1.29 is 30.4 Å². The lowest BCUT2D eigenvalue weighted by Crippen LogP contribution is -2.12. The Kier molecular flexibility index (Phi) is 3.59. The topological polar surface area (TPSA) is 91.1 Å². The van der Waals surface area contributed by atoms with Crippen LogP contribution in [0.1, 0.15) is 5.69 Å². The zero-order chi connectivity index (χ0) is 19.6. The molecule has 2 aromatic heterocycles. The van der Waals surface area contributed by atoms with Crippen molar-refractivity contribution in [2.75, 3.05) is 0 Å². The van der Waals surface area contributed by atoms with Crippen molar-refractivity contribution in [2.24, 2.45) is 5.14 Å². The van der Waals surface area contributed by atoms with E-state index in [2.05, 4.69) is 5.10 Å². The molecule has 4 rings (SSSR count). The molecule has 0 bridgehead atoms. The predicted octanol–water partition coefficient (Wildman–Crippen LogP) is 3.58. The fourth-order valence-electron chi connectivity index (χ4n) is 2.77. The number of furan rings is 1. The van der Waals surface area contributed by atoms with Gasteiger partial charge in [0, 0.05) is 5.39 Å². The summed E-state index contributed by atoms with van der Waals surface area (Å²) in [5.74, 6) is -0.656. The number of aromatic nitrogens is 2. The Balaban J connectivity index is 2.05. The van der Waals surface area contributed by atoms with E-state index in [1.165, 1.54) is 18.2 Å². The summed E-state index contributed by atoms with van der Waals surface area (Å²) >= 11 is 0. The molecule has 0 amide bonds. The third kappa shape index (κ3) is 2.84. The van der Waals surface area contributed by atoms with Gasteiger partial charge in [-0.25, -0.2) is 22.6 Å². The highest BCUT2D eigenvalue weighted by Crippen LogP contribution is 2.39. The van der Waals surface area contributed by atoms with Crippen LogP contribution in [-0.4, -0.2) is 18.2 Å². The second-order valence-electron chi connectivity index (χ2n) is 5.72. The number of hydrogen-bond donors (Lipinski definition) is 1. The summed E-state index contributed by atoms with van der Waals surface area (Å²) < 4.78 is 82.6. The normalized spacial score (nSPS) is 12.9. The van der Waals surface area contributed by atoms with Crippen LogP contribution in [0, 0.1) is 5.82 Å². The Hall–Kier alpha value is -2.92. The summed E-state index contributed by atoms with van der Waals surface area (Å²) in [6, 6.07) is 8.08. The van der Waals surface area contributed by atoms with Gasteiger partial charge in [0.1, 0.15) is 16.9 Å². The van der Waals surface area contributed by atoms with E-state index in [1.54, 1.807) is 0 Å². The van der Waals surface area contributed by atoms with Crippen molar-refractivity contribution >= 4 is 32.1 Å². The fraction of sp³-hybridized carbons (Fsp3) is 0.0625. The van der Waals surface area contributed by atoms with Crippen molar-refractivity contribution in [3.05, 3.63) is 54.0 Å². The van der Waals surface area contributed by atoms with Crippen LogP contribution in [0.3, 0.4) is 0 Å². The van der Waals surface area contributed by atoms with Gasteiger partial charge in [0.25, 0.3) is 0 Å². The van der Waals surface area contributed by atoms with Crippen molar-refractivity contribution in [1.29, 1.82) is 0 Å². The molecule has 2 heterocycles. The van der Waals surface area contributed by atoms with Gasteiger partial charge in [-0.05, 0) is 42.5 Å². The number of nitrogens with two attached hydrogens (primary N) is 1. The third-order valence-corrected chi connectivity index (χ3v) is 4.86. The molecule has 0 aliphatic rings. The zero-order valence-corrected chi connectivity index (χ0v) is 14.0. The average Bonchev–Trinajstić information content (AvgIpc) is 3.11. The Morgan fingerprint density at radius 2 is 1.74 bits per heavy atom. The summed E-state index contributed by atoms with van der Waals surface area (Å²) in [4.78, 5) is -0.214. The smallest absolute Gasteiger partial charge is 0.438 e. The minimum absolute atomic E-state index is 0.0595. The molecular formula is C16H9F4N3O3S. The number of hydrogen-bond acceptors (Lipinski definition) is 4. The molecule has 0 unspecified atom stereocenters. The number of nitrogens with zero attached hydrogens (tertiary/aromatic N) is 2. The molecule has 0 saturated carbocycles. The second-order valence-corrected chi connectivity index (χ2v) is 7.28. The quantitative estimate of drug-likeness (QED) is 0.522. The summed E-state index contributed by atoms with van der Waals surface area (Å²) in [5, 5.41) is 8.67. The maximum absolute atomic E-state index is 13.6. The molecule has 0 spiro atoms. The molecule has 0 saturated heterocycles. The van der Waals surface area contributed by atoms with Gasteiger partial charge in [-0.2, -0.15) is 18.3 Å². The molecule has 0 fully saturated rings. The fourth-order valence-corrected chi connectivity index (χ4v) is 3.29. The van der Waals surface area contributed by atoms with E-state index in [0.717, 1.165) is 28.9 Å². The summed E-state index contributed by atoms with van der Waals surface area (Å²) in [5.41, 5.74) is -1.72. The lowest BCUT2D eigenvalue weighted by molar-refractivity contribution is -0.140. The van der Waals surface area contributed by atoms with Crippen LogP contribution >= 0.6 is 0 Å². The van der Waals surface area contributed by atoms with Crippen LogP contribution in [0.4, 0.5) is 17.6 Å². The predicted molar refractivity (Wildman–Crippen MR) is 87.2 cm³/mol. The SMILES string of the molecule is NS(=O)(=O)c1ccc(-n2nc(C(F)(F)F)c3oc4ccc(F)cc4c32)cc1. The van der Waals surface area contributed by atoms with Gasteiger partial charge in [-0.1, -0.05) is 0 Å². The van der Waals surface area contributed by atoms with E-state index in [9.17, 15) is 26.0 Å². The molecule has 27 heavy (non-hydrogen) atoms. The van der Waals surface area contributed by atoms with Gasteiger partial charge < -0.3 is 4.42 Å². The average molecular weight is 399 g/mol. The number of benzene rings is 2. The van der Waals surface area contributed by atoms with Gasteiger partial charge in [0.15, 0.2) is 5.58 Å². The summed E-state index contributed by atoms with van der Waals surface area (Å²) in [6.45, 7) is 0. The maximum atomic E-state index is 13.6. The molecule has 6 nitrogen and oxygen atoms in total. The standard InChI is InChI=1S/C16H9F4N3O3S/c17-8-1-6-12-11(7-8)13-14(26-12)15(16(18,19)20)22-23(13)9-2-4-10(5-3-9)27(21,24)25/h1-7H,(H2,21,24,25). The highest BCUT2D eigenvalue weighted by atomic mass is 32.2. The van der Waals surface area contributed by atoms with Crippen LogP contribution in [0.15, 0.2) is 51.8 Å². The van der Waals surface area contributed by atoms with Crippen LogP contribution in [-0.2, 0) is 16.2 Å². The molecular weight excluding hydrogens is 390 g/mol. The van der Waals surface area contributed by atoms with E-state index < -0.39 is 33.3 Å². The molecule has 2 aromatic carbocycles. The Morgan fingerprint density at radius 3 is 2.33 bits per heavy atom. The summed E-state index contributed by atoms with van der Waals surface area (Å²) in [7, 11) is -3.97. The minimum Gasteiger partial charge on any atom is -0.452 e. The van der Waals surface area contributed by atoms with E-state index >= 15 is 0 Å². The van der Waals surface area contributed by atoms with Crippen LogP contribution in [0.25, 0.3) is 27.8 Å². The van der Waals surface area contributed by atoms with E-state index in [1.807, 2.05) is 0 Å². The Morgan fingerprint density at radius 1 is 1.07 bits per heavy atom. The number of sulfonamides is 1. The number of halogens is 4. The molecule has 0 aliphatic heterocycles. The number of primary sulfonamides is 1. The molecule has 11 heteroatoms. The van der Waals surface area contributed by atoms with Crippen molar-refractivity contribution in [3.63, 3.8) is 0 Å². The van der Waals surface area contributed by atoms with Crippen LogP contribution in [0.5, 0.6) is 0 Å². The van der Waals surface area contributed by atoms with Crippen molar-refractivity contribution in [3.8, 4) is 5.69 Å². The van der Waals surface area contributed by atoms with E-state index in [-0.39, 0.29) is 27.1 Å². The number of alkyl halides is 3. The molecule has 0 atom stereocenters. The first kappa shape index (κ1) is 17.5. The monoisotopic (exact) mass is 399 g/mol. The van der Waals surface area contributed by atoms with Crippen molar-refractivity contribution in [1.82, 2.24) is 9.78 Å². The van der Waals surface area contributed by atoms with Crippen LogP contribution < -0.4 is 5.14 Å². The van der Waals surface area contributed by atoms with Crippen LogP contribution in [0.2, 0.25) is 0 Å². The summed E-state index contributed by atoms with van der Waals surface area (Å²) in [6.07, 6.45) is -4.81. The molecule has 2 N–H and O–H groups in total. The highest BCUT2D eigenvalue weighted by Gasteiger charge is 2.39. The first-order valence-electron chi connectivity index (χ1n) is 7.37. The molecule has 0 radical (unpaired) electrons. The van der Waals surface area contributed by atoms with E-state index in [4.69, 9.17) is 9.56 Å². The highest BCUT2D eigenvalue weighted by molar-refractivity contribution is 7.89. The Labute approximate surface area is 148 Å². The van der Waals surface area contributed by atoms with Gasteiger partial charge in [-0.3, -0.25) is 0 Å². The molecule has 0 aliphatic carbocycles. The molecule has 4 aromatic rings. The molecule has 140 valence electrons. The van der Waals surface area contributed by atoms with Gasteiger partial charge in [0.2, 0.25) is 15.7 Å². The third-order valence-electron chi connectivity index (χ3n) is 3.93. The zero-order valence-electron chi connectivity index (χ0n) is 13.2. The van der Waals surface area contributed by atoms with E-state index in [0.29, 0.717) is 0 Å². The Bertz CT molecular complexity index is 1290. The van der Waals surface area contributed by atoms with Gasteiger partial charge in [0.05, 0.1) is 10.6 Å². The van der Waals surface area contributed by atoms with Gasteiger partial charge in [-0.15, -0.1) is 0 Å².